The third-order valence-corrected chi connectivity index (χ3v) is 3.01. The molecule has 0 spiro atoms. The summed E-state index contributed by atoms with van der Waals surface area (Å²) in [5.41, 5.74) is 1.69. The second kappa shape index (κ2) is 6.95. The summed E-state index contributed by atoms with van der Waals surface area (Å²) in [6, 6.07) is 6.92. The van der Waals surface area contributed by atoms with Gasteiger partial charge in [0.15, 0.2) is 0 Å². The highest BCUT2D eigenvalue weighted by Crippen LogP contribution is 2.19. The van der Waals surface area contributed by atoms with E-state index in [1.165, 1.54) is 12.4 Å². The smallest absolute Gasteiger partial charge is 0.126 e. The van der Waals surface area contributed by atoms with Crippen LogP contribution < -0.4 is 5.32 Å². The van der Waals surface area contributed by atoms with E-state index in [9.17, 15) is 4.39 Å². The maximum atomic E-state index is 13.7. The zero-order chi connectivity index (χ0) is 13.5. The van der Waals surface area contributed by atoms with Crippen LogP contribution in [0.2, 0.25) is 0 Å². The van der Waals surface area contributed by atoms with Gasteiger partial charge < -0.3 is 5.32 Å². The summed E-state index contributed by atoms with van der Waals surface area (Å²) >= 11 is 0. The van der Waals surface area contributed by atoms with Crippen LogP contribution in [-0.2, 0) is 6.42 Å². The van der Waals surface area contributed by atoms with Gasteiger partial charge in [0.25, 0.3) is 0 Å². The van der Waals surface area contributed by atoms with Gasteiger partial charge in [0.05, 0.1) is 0 Å². The number of aromatic nitrogens is 2. The lowest BCUT2D eigenvalue weighted by Crippen LogP contribution is -2.24. The summed E-state index contributed by atoms with van der Waals surface area (Å²) in [6.45, 7) is 2.99. The highest BCUT2D eigenvalue weighted by molar-refractivity contribution is 5.21. The predicted molar refractivity (Wildman–Crippen MR) is 73.2 cm³/mol. The van der Waals surface area contributed by atoms with Crippen LogP contribution in [0, 0.1) is 5.82 Å². The minimum atomic E-state index is -0.164. The van der Waals surface area contributed by atoms with Crippen LogP contribution in [-0.4, -0.2) is 16.5 Å². The van der Waals surface area contributed by atoms with Crippen molar-refractivity contribution in [3.05, 3.63) is 59.9 Å². The minimum absolute atomic E-state index is 0.0399. The van der Waals surface area contributed by atoms with E-state index in [0.29, 0.717) is 12.0 Å². The van der Waals surface area contributed by atoms with Crippen molar-refractivity contribution in [2.75, 3.05) is 6.54 Å². The molecule has 1 heterocycles. The van der Waals surface area contributed by atoms with Crippen molar-refractivity contribution in [3.8, 4) is 0 Å². The van der Waals surface area contributed by atoms with Gasteiger partial charge >= 0.3 is 0 Å². The molecule has 0 saturated carbocycles. The molecule has 0 aliphatic heterocycles. The van der Waals surface area contributed by atoms with Gasteiger partial charge in [0, 0.05) is 24.0 Å². The van der Waals surface area contributed by atoms with Gasteiger partial charge in [-0.25, -0.2) is 14.4 Å². The van der Waals surface area contributed by atoms with Crippen molar-refractivity contribution < 1.29 is 4.39 Å². The molecule has 0 aliphatic carbocycles. The van der Waals surface area contributed by atoms with Gasteiger partial charge in [-0.2, -0.15) is 0 Å². The molecule has 1 aromatic carbocycles. The van der Waals surface area contributed by atoms with Crippen molar-refractivity contribution in [2.24, 2.45) is 0 Å². The quantitative estimate of drug-likeness (QED) is 0.866. The summed E-state index contributed by atoms with van der Waals surface area (Å²) in [5, 5.41) is 3.41. The van der Waals surface area contributed by atoms with Crippen molar-refractivity contribution in [2.45, 2.75) is 25.8 Å². The molecule has 19 heavy (non-hydrogen) atoms. The Labute approximate surface area is 112 Å². The molecule has 0 aliphatic rings. The molecule has 1 unspecified atom stereocenters. The van der Waals surface area contributed by atoms with Crippen LogP contribution in [0.15, 0.2) is 43.0 Å². The Morgan fingerprint density at radius 1 is 1.21 bits per heavy atom. The van der Waals surface area contributed by atoms with E-state index in [2.05, 4.69) is 22.2 Å². The monoisotopic (exact) mass is 259 g/mol. The first-order valence-electron chi connectivity index (χ1n) is 6.53. The van der Waals surface area contributed by atoms with Crippen molar-refractivity contribution >= 4 is 0 Å². The molecule has 0 saturated heterocycles. The van der Waals surface area contributed by atoms with Gasteiger partial charge in [-0.1, -0.05) is 25.1 Å². The number of benzene rings is 1. The number of rotatable bonds is 6. The average Bonchev–Trinajstić information content (AvgIpc) is 2.46. The Balaban J connectivity index is 2.17. The summed E-state index contributed by atoms with van der Waals surface area (Å²) in [6.07, 6.45) is 6.69. The predicted octanol–water partition coefficient (Wildman–Crippen LogP) is 2.90. The fraction of sp³-hybridized carbons (Fsp3) is 0.333. The van der Waals surface area contributed by atoms with Gasteiger partial charge in [-0.3, -0.25) is 0 Å². The molecule has 4 heteroatoms. The third-order valence-electron chi connectivity index (χ3n) is 3.01. The Kier molecular flexibility index (Phi) is 4.98. The SMILES string of the molecule is CCCNC(Cc1ccccc1F)c1cncnc1. The zero-order valence-corrected chi connectivity index (χ0v) is 11.0. The summed E-state index contributed by atoms with van der Waals surface area (Å²) in [7, 11) is 0. The van der Waals surface area contributed by atoms with E-state index in [1.54, 1.807) is 18.5 Å². The number of nitrogens with one attached hydrogen (secondary N) is 1. The van der Waals surface area contributed by atoms with E-state index in [1.807, 2.05) is 12.1 Å². The lowest BCUT2D eigenvalue weighted by atomic mass is 10.0. The molecular weight excluding hydrogens is 241 g/mol. The Hall–Kier alpha value is -1.81. The normalized spacial score (nSPS) is 12.3. The highest BCUT2D eigenvalue weighted by Gasteiger charge is 2.14. The molecule has 2 aromatic rings. The Bertz CT molecular complexity index is 502. The van der Waals surface area contributed by atoms with Crippen molar-refractivity contribution in [1.82, 2.24) is 15.3 Å². The molecule has 0 radical (unpaired) electrons. The van der Waals surface area contributed by atoms with Crippen LogP contribution in [0.4, 0.5) is 4.39 Å². The van der Waals surface area contributed by atoms with Crippen LogP contribution in [0.1, 0.15) is 30.5 Å². The van der Waals surface area contributed by atoms with E-state index in [4.69, 9.17) is 0 Å². The van der Waals surface area contributed by atoms with Crippen LogP contribution in [0.25, 0.3) is 0 Å². The summed E-state index contributed by atoms with van der Waals surface area (Å²) in [4.78, 5) is 8.07. The van der Waals surface area contributed by atoms with Gasteiger partial charge in [-0.15, -0.1) is 0 Å². The highest BCUT2D eigenvalue weighted by atomic mass is 19.1. The number of hydrogen-bond donors (Lipinski definition) is 1. The molecule has 0 amide bonds. The third kappa shape index (κ3) is 3.83. The standard InChI is InChI=1S/C15H18FN3/c1-2-7-19-15(13-9-17-11-18-10-13)8-12-5-3-4-6-14(12)16/h3-6,9-11,15,19H,2,7-8H2,1H3. The first-order valence-corrected chi connectivity index (χ1v) is 6.53. The Morgan fingerprint density at radius 2 is 1.95 bits per heavy atom. The molecule has 0 fully saturated rings. The van der Waals surface area contributed by atoms with Gasteiger partial charge in [-0.05, 0) is 31.0 Å². The second-order valence-electron chi connectivity index (χ2n) is 4.47. The second-order valence-corrected chi connectivity index (χ2v) is 4.47. The first kappa shape index (κ1) is 13.6. The number of nitrogens with zero attached hydrogens (tertiary/aromatic N) is 2. The minimum Gasteiger partial charge on any atom is -0.310 e. The molecule has 1 N–H and O–H groups in total. The van der Waals surface area contributed by atoms with Crippen LogP contribution in [0.3, 0.4) is 0 Å². The molecular formula is C15H18FN3. The number of hydrogen-bond acceptors (Lipinski definition) is 3. The molecule has 1 atom stereocenters. The van der Waals surface area contributed by atoms with Crippen molar-refractivity contribution in [1.29, 1.82) is 0 Å². The largest absolute Gasteiger partial charge is 0.310 e. The van der Waals surface area contributed by atoms with Gasteiger partial charge in [0.1, 0.15) is 12.1 Å². The van der Waals surface area contributed by atoms with Gasteiger partial charge in [0.2, 0.25) is 0 Å². The van der Waals surface area contributed by atoms with E-state index >= 15 is 0 Å². The van der Waals surface area contributed by atoms with E-state index in [-0.39, 0.29) is 11.9 Å². The maximum Gasteiger partial charge on any atom is 0.126 e. The summed E-state index contributed by atoms with van der Waals surface area (Å²) in [5.74, 6) is -0.164. The molecule has 100 valence electrons. The maximum absolute atomic E-state index is 13.7. The molecule has 3 nitrogen and oxygen atoms in total. The van der Waals surface area contributed by atoms with Crippen LogP contribution in [0.5, 0.6) is 0 Å². The fourth-order valence-electron chi connectivity index (χ4n) is 2.00. The fourth-order valence-corrected chi connectivity index (χ4v) is 2.00. The van der Waals surface area contributed by atoms with Crippen LogP contribution >= 0.6 is 0 Å². The molecule has 1 aromatic heterocycles. The lowest BCUT2D eigenvalue weighted by molar-refractivity contribution is 0.510. The van der Waals surface area contributed by atoms with Crippen molar-refractivity contribution in [3.63, 3.8) is 0 Å². The van der Waals surface area contributed by atoms with E-state index in [0.717, 1.165) is 18.5 Å². The zero-order valence-electron chi connectivity index (χ0n) is 11.0. The molecule has 0 bridgehead atoms. The van der Waals surface area contributed by atoms with E-state index < -0.39 is 0 Å². The topological polar surface area (TPSA) is 37.8 Å². The summed E-state index contributed by atoms with van der Waals surface area (Å²) < 4.78 is 13.7. The average molecular weight is 259 g/mol. The Morgan fingerprint density at radius 3 is 2.63 bits per heavy atom. The lowest BCUT2D eigenvalue weighted by Gasteiger charge is -2.18. The first-order chi connectivity index (χ1) is 9.31. The number of halogens is 1. The molecule has 2 rings (SSSR count).